The minimum atomic E-state index is -4.43. The Morgan fingerprint density at radius 1 is 1.12 bits per heavy atom. The molecule has 0 atom stereocenters. The second-order valence-electron chi connectivity index (χ2n) is 5.53. The Morgan fingerprint density at radius 3 is 2.71 bits per heavy atom. The van der Waals surface area contributed by atoms with Crippen LogP contribution in [0.25, 0.3) is 11.0 Å². The highest BCUT2D eigenvalue weighted by Crippen LogP contribution is 2.39. The van der Waals surface area contributed by atoms with E-state index in [1.165, 1.54) is 11.0 Å². The molecule has 5 nitrogen and oxygen atoms in total. The summed E-state index contributed by atoms with van der Waals surface area (Å²) in [5, 5.41) is 10.3. The number of hydrogen-bond acceptors (Lipinski definition) is 3. The number of H-pyrrole nitrogens is 1. The summed E-state index contributed by atoms with van der Waals surface area (Å²) in [6.45, 7) is 0.220. The number of rotatable bonds is 1. The van der Waals surface area contributed by atoms with Crippen molar-refractivity contribution in [3.8, 4) is 0 Å². The Kier molecular flexibility index (Phi) is 3.09. The second kappa shape index (κ2) is 5.05. The summed E-state index contributed by atoms with van der Waals surface area (Å²) in [6, 6.07) is 8.74. The van der Waals surface area contributed by atoms with Crippen LogP contribution in [0.5, 0.6) is 0 Å². The van der Waals surface area contributed by atoms with Crippen molar-refractivity contribution in [3.05, 3.63) is 53.1 Å². The minimum absolute atomic E-state index is 0.167. The normalized spacial score (nSPS) is 14.2. The molecule has 24 heavy (non-hydrogen) atoms. The van der Waals surface area contributed by atoms with E-state index in [9.17, 15) is 18.0 Å². The van der Waals surface area contributed by atoms with E-state index in [-0.39, 0.29) is 24.4 Å². The molecule has 122 valence electrons. The Bertz CT molecular complexity index is 948. The van der Waals surface area contributed by atoms with Crippen LogP contribution >= 0.6 is 0 Å². The van der Waals surface area contributed by atoms with E-state index in [1.807, 2.05) is 0 Å². The first-order valence-electron chi connectivity index (χ1n) is 7.26. The van der Waals surface area contributed by atoms with Gasteiger partial charge in [0.15, 0.2) is 0 Å². The van der Waals surface area contributed by atoms with Gasteiger partial charge >= 0.3 is 6.18 Å². The summed E-state index contributed by atoms with van der Waals surface area (Å²) in [4.78, 5) is 14.1. The summed E-state index contributed by atoms with van der Waals surface area (Å²) in [5.41, 5.74) is 1.32. The molecular formula is C16H11F3N4O. The number of alkyl halides is 3. The van der Waals surface area contributed by atoms with Crippen LogP contribution in [0.1, 0.15) is 21.5 Å². The van der Waals surface area contributed by atoms with E-state index in [1.54, 1.807) is 24.3 Å². The van der Waals surface area contributed by atoms with Crippen LogP contribution in [0, 0.1) is 0 Å². The molecule has 0 fully saturated rings. The lowest BCUT2D eigenvalue weighted by Gasteiger charge is -2.18. The van der Waals surface area contributed by atoms with Crippen LogP contribution in [-0.4, -0.2) is 27.9 Å². The lowest BCUT2D eigenvalue weighted by molar-refractivity contribution is -0.138. The fourth-order valence-corrected chi connectivity index (χ4v) is 3.04. The van der Waals surface area contributed by atoms with Gasteiger partial charge in [-0.3, -0.25) is 4.79 Å². The second-order valence-corrected chi connectivity index (χ2v) is 5.53. The lowest BCUT2D eigenvalue weighted by atomic mass is 10.0. The van der Waals surface area contributed by atoms with Gasteiger partial charge in [-0.1, -0.05) is 6.07 Å². The van der Waals surface area contributed by atoms with E-state index in [0.29, 0.717) is 22.3 Å². The van der Waals surface area contributed by atoms with Crippen LogP contribution in [0.2, 0.25) is 0 Å². The summed E-state index contributed by atoms with van der Waals surface area (Å²) in [5.74, 6) is -0.349. The molecule has 3 aromatic rings. The van der Waals surface area contributed by atoms with E-state index in [2.05, 4.69) is 15.4 Å². The molecule has 0 radical (unpaired) electrons. The maximum Gasteiger partial charge on any atom is 0.416 e. The number of nitrogens with zero attached hydrogens (tertiary/aromatic N) is 3. The predicted octanol–water partition coefficient (Wildman–Crippen LogP) is 3.18. The number of carbonyl (C=O) groups is 1. The molecule has 0 saturated carbocycles. The van der Waals surface area contributed by atoms with Crippen molar-refractivity contribution < 1.29 is 18.0 Å². The molecule has 1 N–H and O–H groups in total. The lowest BCUT2D eigenvalue weighted by Crippen LogP contribution is -2.28. The van der Waals surface area contributed by atoms with Crippen molar-refractivity contribution >= 4 is 22.6 Å². The standard InChI is InChI=1S/C16H11F3N4O/c17-16(18,19)11-2-1-3-14-10(11)6-7-23(14)15(24)9-4-5-12-13(8-9)21-22-20-12/h1-5,8H,6-7H2,(H,20,21,22). The van der Waals surface area contributed by atoms with Gasteiger partial charge in [0.25, 0.3) is 5.91 Å². The smallest absolute Gasteiger partial charge is 0.308 e. The van der Waals surface area contributed by atoms with Gasteiger partial charge in [0.1, 0.15) is 11.0 Å². The number of aromatic nitrogens is 3. The van der Waals surface area contributed by atoms with Gasteiger partial charge in [0.2, 0.25) is 0 Å². The van der Waals surface area contributed by atoms with Crippen molar-refractivity contribution in [2.45, 2.75) is 12.6 Å². The summed E-state index contributed by atoms with van der Waals surface area (Å²) in [7, 11) is 0. The molecule has 1 amide bonds. The van der Waals surface area contributed by atoms with E-state index >= 15 is 0 Å². The molecule has 0 aliphatic carbocycles. The average Bonchev–Trinajstić information content (AvgIpc) is 3.18. The van der Waals surface area contributed by atoms with Gasteiger partial charge in [-0.25, -0.2) is 0 Å². The highest BCUT2D eigenvalue weighted by Gasteiger charge is 2.37. The van der Waals surface area contributed by atoms with E-state index in [0.717, 1.165) is 6.07 Å². The molecule has 1 aliphatic rings. The number of anilines is 1. The predicted molar refractivity (Wildman–Crippen MR) is 80.7 cm³/mol. The monoisotopic (exact) mass is 332 g/mol. The molecule has 0 unspecified atom stereocenters. The third kappa shape index (κ3) is 2.22. The Labute approximate surface area is 134 Å². The zero-order valence-electron chi connectivity index (χ0n) is 12.3. The molecule has 4 rings (SSSR count). The molecule has 0 saturated heterocycles. The summed E-state index contributed by atoms with van der Waals surface area (Å²) >= 11 is 0. The van der Waals surface area contributed by atoms with Crippen molar-refractivity contribution in [2.24, 2.45) is 0 Å². The van der Waals surface area contributed by atoms with Crippen molar-refractivity contribution in [2.75, 3.05) is 11.4 Å². The number of nitrogens with one attached hydrogen (secondary N) is 1. The van der Waals surface area contributed by atoms with Crippen molar-refractivity contribution in [3.63, 3.8) is 0 Å². The Hall–Kier alpha value is -2.90. The van der Waals surface area contributed by atoms with Crippen LogP contribution in [0.4, 0.5) is 18.9 Å². The van der Waals surface area contributed by atoms with Gasteiger partial charge in [-0.2, -0.15) is 28.6 Å². The SMILES string of the molecule is O=C(c1ccc2n[nH]nc2c1)N1CCc2c1cccc2C(F)(F)F. The van der Waals surface area contributed by atoms with Crippen LogP contribution in [0.15, 0.2) is 36.4 Å². The Balaban J connectivity index is 1.74. The fraction of sp³-hybridized carbons (Fsp3) is 0.188. The number of hydrogen-bond donors (Lipinski definition) is 1. The first-order valence-corrected chi connectivity index (χ1v) is 7.26. The summed E-state index contributed by atoms with van der Waals surface area (Å²) < 4.78 is 39.3. The molecule has 2 aromatic carbocycles. The molecule has 8 heteroatoms. The van der Waals surface area contributed by atoms with Gasteiger partial charge in [0.05, 0.1) is 5.56 Å². The number of amides is 1. The van der Waals surface area contributed by atoms with E-state index < -0.39 is 11.7 Å². The Morgan fingerprint density at radius 2 is 1.92 bits per heavy atom. The maximum atomic E-state index is 13.1. The average molecular weight is 332 g/mol. The number of carbonyl (C=O) groups excluding carboxylic acids is 1. The molecule has 1 aliphatic heterocycles. The topological polar surface area (TPSA) is 61.9 Å². The summed E-state index contributed by atoms with van der Waals surface area (Å²) in [6.07, 6.45) is -4.24. The highest BCUT2D eigenvalue weighted by atomic mass is 19.4. The highest BCUT2D eigenvalue weighted by molar-refractivity contribution is 6.08. The van der Waals surface area contributed by atoms with Gasteiger partial charge in [-0.15, -0.1) is 0 Å². The third-order valence-electron chi connectivity index (χ3n) is 4.14. The van der Waals surface area contributed by atoms with Crippen LogP contribution in [-0.2, 0) is 12.6 Å². The fourth-order valence-electron chi connectivity index (χ4n) is 3.04. The molecule has 0 bridgehead atoms. The maximum absolute atomic E-state index is 13.1. The quantitative estimate of drug-likeness (QED) is 0.744. The number of benzene rings is 2. The van der Waals surface area contributed by atoms with Gasteiger partial charge in [-0.05, 0) is 42.3 Å². The van der Waals surface area contributed by atoms with Crippen LogP contribution in [0.3, 0.4) is 0 Å². The molecule has 1 aromatic heterocycles. The zero-order valence-corrected chi connectivity index (χ0v) is 12.3. The molecule has 0 spiro atoms. The first-order chi connectivity index (χ1) is 11.4. The number of halogens is 3. The zero-order chi connectivity index (χ0) is 16.9. The molecule has 2 heterocycles. The minimum Gasteiger partial charge on any atom is -0.308 e. The van der Waals surface area contributed by atoms with Gasteiger partial charge < -0.3 is 4.90 Å². The van der Waals surface area contributed by atoms with Crippen molar-refractivity contribution in [1.29, 1.82) is 0 Å². The molecular weight excluding hydrogens is 321 g/mol. The number of fused-ring (bicyclic) bond motifs is 2. The van der Waals surface area contributed by atoms with Crippen molar-refractivity contribution in [1.82, 2.24) is 15.4 Å². The first kappa shape index (κ1) is 14.7. The van der Waals surface area contributed by atoms with Crippen LogP contribution < -0.4 is 4.90 Å². The number of aromatic amines is 1. The van der Waals surface area contributed by atoms with Gasteiger partial charge in [0, 0.05) is 17.8 Å². The largest absolute Gasteiger partial charge is 0.416 e. The van der Waals surface area contributed by atoms with E-state index in [4.69, 9.17) is 0 Å². The third-order valence-corrected chi connectivity index (χ3v) is 4.14.